The SMILES string of the molecule is Cc1cc(F)ccc1-c1nc(C(F)F)c(C(=O)O)o1. The van der Waals surface area contributed by atoms with E-state index in [0.717, 1.165) is 6.07 Å². The second kappa shape index (κ2) is 4.75. The van der Waals surface area contributed by atoms with E-state index in [2.05, 4.69) is 4.98 Å². The van der Waals surface area contributed by atoms with Crippen LogP contribution in [-0.2, 0) is 0 Å². The Balaban J connectivity index is 2.57. The van der Waals surface area contributed by atoms with E-state index in [1.165, 1.54) is 19.1 Å². The molecule has 0 aliphatic heterocycles. The lowest BCUT2D eigenvalue weighted by Crippen LogP contribution is -1.99. The van der Waals surface area contributed by atoms with Crippen LogP contribution in [0.25, 0.3) is 11.5 Å². The second-order valence-electron chi connectivity index (χ2n) is 3.80. The number of aryl methyl sites for hydroxylation is 1. The summed E-state index contributed by atoms with van der Waals surface area (Å²) in [5, 5.41) is 8.76. The van der Waals surface area contributed by atoms with Gasteiger partial charge in [-0.05, 0) is 30.7 Å². The molecule has 2 aromatic rings. The summed E-state index contributed by atoms with van der Waals surface area (Å²) < 4.78 is 43.0. The van der Waals surface area contributed by atoms with Crippen LogP contribution in [0.5, 0.6) is 0 Å². The molecule has 1 aromatic carbocycles. The van der Waals surface area contributed by atoms with Crippen LogP contribution in [0.4, 0.5) is 13.2 Å². The van der Waals surface area contributed by atoms with E-state index in [9.17, 15) is 18.0 Å². The van der Waals surface area contributed by atoms with Crippen LogP contribution >= 0.6 is 0 Å². The molecule has 2 rings (SSSR count). The van der Waals surface area contributed by atoms with Gasteiger partial charge in [0.2, 0.25) is 11.7 Å². The average Bonchev–Trinajstić information content (AvgIpc) is 2.73. The van der Waals surface area contributed by atoms with Gasteiger partial charge in [0, 0.05) is 5.56 Å². The number of carbonyl (C=O) groups is 1. The topological polar surface area (TPSA) is 63.3 Å². The third-order valence-electron chi connectivity index (χ3n) is 2.47. The first-order valence-corrected chi connectivity index (χ1v) is 5.19. The quantitative estimate of drug-likeness (QED) is 0.928. The molecule has 1 N–H and O–H groups in total. The molecule has 100 valence electrons. The third-order valence-corrected chi connectivity index (χ3v) is 2.47. The molecule has 0 saturated carbocycles. The largest absolute Gasteiger partial charge is 0.475 e. The molecule has 4 nitrogen and oxygen atoms in total. The van der Waals surface area contributed by atoms with Gasteiger partial charge in [0.05, 0.1) is 0 Å². The van der Waals surface area contributed by atoms with Gasteiger partial charge in [0.1, 0.15) is 5.82 Å². The predicted octanol–water partition coefficient (Wildman–Crippen LogP) is 3.42. The monoisotopic (exact) mass is 271 g/mol. The maximum Gasteiger partial charge on any atom is 0.374 e. The number of hydrogen-bond acceptors (Lipinski definition) is 3. The lowest BCUT2D eigenvalue weighted by Gasteiger charge is -2.00. The van der Waals surface area contributed by atoms with Crippen molar-refractivity contribution in [2.24, 2.45) is 0 Å². The Morgan fingerprint density at radius 3 is 2.58 bits per heavy atom. The summed E-state index contributed by atoms with van der Waals surface area (Å²) in [7, 11) is 0. The van der Waals surface area contributed by atoms with Crippen LogP contribution in [0.2, 0.25) is 0 Å². The minimum absolute atomic E-state index is 0.260. The molecule has 0 aliphatic rings. The van der Waals surface area contributed by atoms with Gasteiger partial charge in [0.15, 0.2) is 5.69 Å². The standard InChI is InChI=1S/C12H8F3NO3/c1-5-4-6(13)2-3-7(5)11-16-8(10(14)15)9(19-11)12(17)18/h2-4,10H,1H3,(H,17,18). The molecule has 0 bridgehead atoms. The Kier molecular flexibility index (Phi) is 3.28. The van der Waals surface area contributed by atoms with Crippen molar-refractivity contribution in [2.75, 3.05) is 0 Å². The van der Waals surface area contributed by atoms with Gasteiger partial charge in [-0.3, -0.25) is 0 Å². The van der Waals surface area contributed by atoms with Crippen molar-refractivity contribution in [2.45, 2.75) is 13.3 Å². The van der Waals surface area contributed by atoms with E-state index in [4.69, 9.17) is 9.52 Å². The van der Waals surface area contributed by atoms with Crippen LogP contribution < -0.4 is 0 Å². The van der Waals surface area contributed by atoms with Gasteiger partial charge >= 0.3 is 5.97 Å². The lowest BCUT2D eigenvalue weighted by atomic mass is 10.1. The zero-order chi connectivity index (χ0) is 14.2. The molecule has 1 aromatic heterocycles. The maximum absolute atomic E-state index is 12.9. The zero-order valence-corrected chi connectivity index (χ0v) is 9.65. The summed E-state index contributed by atoms with van der Waals surface area (Å²) in [5.74, 6) is -3.31. The Bertz CT molecular complexity index is 637. The van der Waals surface area contributed by atoms with Gasteiger partial charge in [-0.15, -0.1) is 0 Å². The lowest BCUT2D eigenvalue weighted by molar-refractivity contribution is 0.0647. The van der Waals surface area contributed by atoms with Crippen molar-refractivity contribution in [3.05, 3.63) is 41.0 Å². The maximum atomic E-state index is 12.9. The minimum atomic E-state index is -3.07. The third kappa shape index (κ3) is 2.44. The van der Waals surface area contributed by atoms with E-state index in [0.29, 0.717) is 5.56 Å². The van der Waals surface area contributed by atoms with Gasteiger partial charge in [-0.2, -0.15) is 0 Å². The molecule has 19 heavy (non-hydrogen) atoms. The highest BCUT2D eigenvalue weighted by molar-refractivity contribution is 5.86. The summed E-state index contributed by atoms with van der Waals surface area (Å²) in [4.78, 5) is 14.3. The Morgan fingerprint density at radius 2 is 2.11 bits per heavy atom. The van der Waals surface area contributed by atoms with Crippen LogP contribution in [0.1, 0.15) is 28.2 Å². The Hall–Kier alpha value is -2.31. The van der Waals surface area contributed by atoms with E-state index in [-0.39, 0.29) is 11.5 Å². The molecule has 0 aliphatic carbocycles. The number of aromatic nitrogens is 1. The average molecular weight is 271 g/mol. The first-order chi connectivity index (χ1) is 8.90. The molecule has 0 spiro atoms. The number of carboxylic acid groups (broad SMARTS) is 1. The number of halogens is 3. The number of nitrogens with zero attached hydrogens (tertiary/aromatic N) is 1. The van der Waals surface area contributed by atoms with E-state index in [1.54, 1.807) is 0 Å². The molecular weight excluding hydrogens is 263 g/mol. The van der Waals surface area contributed by atoms with Gasteiger partial charge in [-0.25, -0.2) is 22.9 Å². The summed E-state index contributed by atoms with van der Waals surface area (Å²) in [6.07, 6.45) is -3.07. The number of benzene rings is 1. The number of hydrogen-bond donors (Lipinski definition) is 1. The van der Waals surface area contributed by atoms with Gasteiger partial charge in [0.25, 0.3) is 6.43 Å². The van der Waals surface area contributed by atoms with Crippen LogP contribution in [-0.4, -0.2) is 16.1 Å². The van der Waals surface area contributed by atoms with Crippen LogP contribution in [0.3, 0.4) is 0 Å². The summed E-state index contributed by atoms with van der Waals surface area (Å²) in [5.41, 5.74) is -0.277. The summed E-state index contributed by atoms with van der Waals surface area (Å²) >= 11 is 0. The van der Waals surface area contributed by atoms with Crippen molar-refractivity contribution in [3.8, 4) is 11.5 Å². The minimum Gasteiger partial charge on any atom is -0.475 e. The summed E-state index contributed by atoms with van der Waals surface area (Å²) in [6, 6.07) is 3.56. The molecule has 0 radical (unpaired) electrons. The Morgan fingerprint density at radius 1 is 1.42 bits per heavy atom. The van der Waals surface area contributed by atoms with Crippen LogP contribution in [0, 0.1) is 12.7 Å². The molecule has 0 saturated heterocycles. The first kappa shape index (κ1) is 13.1. The molecule has 0 unspecified atom stereocenters. The number of carboxylic acids is 1. The normalized spacial score (nSPS) is 11.0. The molecule has 0 fully saturated rings. The van der Waals surface area contributed by atoms with E-state index in [1.807, 2.05) is 0 Å². The van der Waals surface area contributed by atoms with Crippen LogP contribution in [0.15, 0.2) is 22.6 Å². The smallest absolute Gasteiger partial charge is 0.374 e. The van der Waals surface area contributed by atoms with Crippen molar-refractivity contribution in [3.63, 3.8) is 0 Å². The molecule has 0 atom stereocenters. The van der Waals surface area contributed by atoms with Crippen molar-refractivity contribution >= 4 is 5.97 Å². The zero-order valence-electron chi connectivity index (χ0n) is 9.65. The first-order valence-electron chi connectivity index (χ1n) is 5.19. The number of aromatic carboxylic acids is 1. The van der Waals surface area contributed by atoms with Crippen molar-refractivity contribution in [1.82, 2.24) is 4.98 Å². The number of oxazole rings is 1. The second-order valence-corrected chi connectivity index (χ2v) is 3.80. The highest BCUT2D eigenvalue weighted by atomic mass is 19.3. The van der Waals surface area contributed by atoms with E-state index >= 15 is 0 Å². The predicted molar refractivity (Wildman–Crippen MR) is 58.6 cm³/mol. The molecule has 0 amide bonds. The fourth-order valence-corrected chi connectivity index (χ4v) is 1.62. The molecule has 7 heteroatoms. The Labute approximate surface area is 105 Å². The summed E-state index contributed by atoms with van der Waals surface area (Å²) in [6.45, 7) is 1.53. The number of rotatable bonds is 3. The molecular formula is C12H8F3NO3. The highest BCUT2D eigenvalue weighted by Crippen LogP contribution is 2.30. The van der Waals surface area contributed by atoms with E-state index < -0.39 is 29.7 Å². The van der Waals surface area contributed by atoms with Crippen molar-refractivity contribution in [1.29, 1.82) is 0 Å². The number of alkyl halides is 2. The molecule has 1 heterocycles. The van der Waals surface area contributed by atoms with Gasteiger partial charge in [-0.1, -0.05) is 0 Å². The van der Waals surface area contributed by atoms with Gasteiger partial charge < -0.3 is 9.52 Å². The van der Waals surface area contributed by atoms with Crippen molar-refractivity contribution < 1.29 is 27.5 Å². The fraction of sp³-hybridized carbons (Fsp3) is 0.167. The highest BCUT2D eigenvalue weighted by Gasteiger charge is 2.27. The fourth-order valence-electron chi connectivity index (χ4n) is 1.62.